The molecular formula is C13H17ClFN3. The number of halogens is 2. The number of aromatic amines is 1. The Morgan fingerprint density at radius 2 is 2.00 bits per heavy atom. The first-order valence-corrected chi connectivity index (χ1v) is 5.63. The van der Waals surface area contributed by atoms with E-state index in [2.05, 4.69) is 10.2 Å². The highest BCUT2D eigenvalue weighted by Gasteiger charge is 2.13. The highest BCUT2D eigenvalue weighted by Crippen LogP contribution is 2.23. The summed E-state index contributed by atoms with van der Waals surface area (Å²) in [7, 11) is 0. The van der Waals surface area contributed by atoms with Crippen molar-refractivity contribution in [2.75, 3.05) is 0 Å². The summed E-state index contributed by atoms with van der Waals surface area (Å²) in [6.45, 7) is 3.93. The van der Waals surface area contributed by atoms with Gasteiger partial charge in [0.05, 0.1) is 11.7 Å². The summed E-state index contributed by atoms with van der Waals surface area (Å²) in [5.74, 6) is -0.0279. The van der Waals surface area contributed by atoms with Crippen LogP contribution < -0.4 is 5.73 Å². The minimum Gasteiger partial charge on any atom is -0.319 e. The first-order valence-electron chi connectivity index (χ1n) is 5.63. The van der Waals surface area contributed by atoms with Crippen LogP contribution in [0.15, 0.2) is 30.5 Å². The van der Waals surface area contributed by atoms with Gasteiger partial charge < -0.3 is 5.73 Å². The molecule has 2 rings (SSSR count). The number of H-pyrrole nitrogens is 1. The van der Waals surface area contributed by atoms with Crippen molar-refractivity contribution in [3.63, 3.8) is 0 Å². The second kappa shape index (κ2) is 5.98. The smallest absolute Gasteiger partial charge is 0.127 e. The van der Waals surface area contributed by atoms with Gasteiger partial charge in [-0.2, -0.15) is 5.10 Å². The van der Waals surface area contributed by atoms with Crippen molar-refractivity contribution in [3.05, 3.63) is 53.1 Å². The molecule has 5 heteroatoms. The van der Waals surface area contributed by atoms with Crippen LogP contribution in [0.3, 0.4) is 0 Å². The Morgan fingerprint density at radius 3 is 2.50 bits per heavy atom. The van der Waals surface area contributed by atoms with E-state index in [-0.39, 0.29) is 30.2 Å². The topological polar surface area (TPSA) is 54.7 Å². The minimum absolute atomic E-state index is 0. The minimum atomic E-state index is -0.367. The third-order valence-electron chi connectivity index (χ3n) is 2.86. The van der Waals surface area contributed by atoms with Crippen molar-refractivity contribution in [3.8, 4) is 0 Å². The highest BCUT2D eigenvalue weighted by molar-refractivity contribution is 5.85. The Morgan fingerprint density at radius 1 is 1.28 bits per heavy atom. The SMILES string of the molecule is CC(C)c1ccc(C(N)c2ccn[nH]2)cc1F.Cl. The largest absolute Gasteiger partial charge is 0.319 e. The summed E-state index contributed by atoms with van der Waals surface area (Å²) in [5.41, 5.74) is 8.26. The van der Waals surface area contributed by atoms with Crippen LogP contribution in [0.5, 0.6) is 0 Å². The summed E-state index contributed by atoms with van der Waals surface area (Å²) in [5, 5.41) is 6.63. The van der Waals surface area contributed by atoms with Crippen molar-refractivity contribution >= 4 is 12.4 Å². The number of hydrogen-bond acceptors (Lipinski definition) is 2. The van der Waals surface area contributed by atoms with Crippen molar-refractivity contribution in [2.24, 2.45) is 5.73 Å². The molecule has 3 N–H and O–H groups in total. The predicted octanol–water partition coefficient (Wildman–Crippen LogP) is 3.14. The molecule has 2 aromatic rings. The Labute approximate surface area is 112 Å². The number of nitrogens with one attached hydrogen (secondary N) is 1. The van der Waals surface area contributed by atoms with E-state index in [9.17, 15) is 4.39 Å². The lowest BCUT2D eigenvalue weighted by Gasteiger charge is -2.13. The van der Waals surface area contributed by atoms with Gasteiger partial charge in [0, 0.05) is 6.20 Å². The van der Waals surface area contributed by atoms with Crippen LogP contribution >= 0.6 is 12.4 Å². The van der Waals surface area contributed by atoms with Crippen LogP contribution in [-0.4, -0.2) is 10.2 Å². The molecule has 98 valence electrons. The standard InChI is InChI=1S/C13H16FN3.ClH/c1-8(2)10-4-3-9(7-11(10)14)13(15)12-5-6-16-17-12;/h3-8,13H,15H2,1-2H3,(H,16,17);1H. The van der Waals surface area contributed by atoms with E-state index in [4.69, 9.17) is 5.73 Å². The van der Waals surface area contributed by atoms with E-state index in [1.165, 1.54) is 6.07 Å². The lowest BCUT2D eigenvalue weighted by molar-refractivity contribution is 0.594. The molecule has 0 aliphatic carbocycles. The van der Waals surface area contributed by atoms with E-state index < -0.39 is 0 Å². The Balaban J connectivity index is 0.00000162. The maximum Gasteiger partial charge on any atom is 0.127 e. The van der Waals surface area contributed by atoms with Crippen LogP contribution in [-0.2, 0) is 0 Å². The lowest BCUT2D eigenvalue weighted by Crippen LogP contribution is -2.13. The van der Waals surface area contributed by atoms with Gasteiger partial charge in [-0.15, -0.1) is 12.4 Å². The van der Waals surface area contributed by atoms with Gasteiger partial charge in [-0.25, -0.2) is 4.39 Å². The van der Waals surface area contributed by atoms with Gasteiger partial charge in [0.15, 0.2) is 0 Å². The Kier molecular flexibility index (Phi) is 4.87. The van der Waals surface area contributed by atoms with Crippen LogP contribution in [0.1, 0.15) is 42.6 Å². The zero-order chi connectivity index (χ0) is 12.4. The molecule has 1 atom stereocenters. The first-order chi connectivity index (χ1) is 8.09. The number of rotatable bonds is 3. The average molecular weight is 270 g/mol. The van der Waals surface area contributed by atoms with E-state index in [0.717, 1.165) is 11.3 Å². The number of nitrogens with zero attached hydrogens (tertiary/aromatic N) is 1. The molecule has 0 radical (unpaired) electrons. The van der Waals surface area contributed by atoms with Gasteiger partial charge in [-0.05, 0) is 29.2 Å². The molecule has 0 saturated carbocycles. The fraction of sp³-hybridized carbons (Fsp3) is 0.308. The third kappa shape index (κ3) is 2.89. The molecule has 0 amide bonds. The molecule has 1 aromatic heterocycles. The molecule has 0 bridgehead atoms. The molecule has 1 heterocycles. The van der Waals surface area contributed by atoms with Crippen molar-refractivity contribution < 1.29 is 4.39 Å². The first kappa shape index (κ1) is 14.7. The quantitative estimate of drug-likeness (QED) is 0.899. The normalized spacial score (nSPS) is 12.3. The number of aromatic nitrogens is 2. The van der Waals surface area contributed by atoms with Gasteiger partial charge in [0.2, 0.25) is 0 Å². The molecule has 3 nitrogen and oxygen atoms in total. The maximum atomic E-state index is 13.8. The van der Waals surface area contributed by atoms with Crippen molar-refractivity contribution in [2.45, 2.75) is 25.8 Å². The van der Waals surface area contributed by atoms with Crippen molar-refractivity contribution in [1.82, 2.24) is 10.2 Å². The van der Waals surface area contributed by atoms with Gasteiger partial charge in [0.25, 0.3) is 0 Å². The maximum absolute atomic E-state index is 13.8. The van der Waals surface area contributed by atoms with Gasteiger partial charge >= 0.3 is 0 Å². The second-order valence-electron chi connectivity index (χ2n) is 4.43. The highest BCUT2D eigenvalue weighted by atomic mass is 35.5. The van der Waals surface area contributed by atoms with E-state index >= 15 is 0 Å². The number of nitrogens with two attached hydrogens (primary N) is 1. The Bertz CT molecular complexity index is 497. The molecule has 0 aliphatic rings. The van der Waals surface area contributed by atoms with Gasteiger partial charge in [-0.1, -0.05) is 26.0 Å². The number of hydrogen-bond donors (Lipinski definition) is 2. The van der Waals surface area contributed by atoms with Gasteiger partial charge in [0.1, 0.15) is 5.82 Å². The van der Waals surface area contributed by atoms with E-state index in [1.54, 1.807) is 18.3 Å². The summed E-state index contributed by atoms with van der Waals surface area (Å²) in [6, 6.07) is 6.59. The fourth-order valence-electron chi connectivity index (χ4n) is 1.82. The molecule has 0 spiro atoms. The summed E-state index contributed by atoms with van der Waals surface area (Å²) in [6.07, 6.45) is 1.63. The zero-order valence-corrected chi connectivity index (χ0v) is 11.2. The predicted molar refractivity (Wildman–Crippen MR) is 72.4 cm³/mol. The third-order valence-corrected chi connectivity index (χ3v) is 2.86. The molecule has 1 aromatic carbocycles. The van der Waals surface area contributed by atoms with Crippen LogP contribution in [0.4, 0.5) is 4.39 Å². The van der Waals surface area contributed by atoms with Crippen LogP contribution in [0, 0.1) is 5.82 Å². The summed E-state index contributed by atoms with van der Waals surface area (Å²) >= 11 is 0. The lowest BCUT2D eigenvalue weighted by atomic mass is 9.97. The van der Waals surface area contributed by atoms with E-state index in [0.29, 0.717) is 5.56 Å². The fourth-order valence-corrected chi connectivity index (χ4v) is 1.82. The summed E-state index contributed by atoms with van der Waals surface area (Å²) in [4.78, 5) is 0. The van der Waals surface area contributed by atoms with Crippen molar-refractivity contribution in [1.29, 1.82) is 0 Å². The van der Waals surface area contributed by atoms with E-state index in [1.807, 2.05) is 19.9 Å². The second-order valence-corrected chi connectivity index (χ2v) is 4.43. The molecule has 0 saturated heterocycles. The molecule has 0 aliphatic heterocycles. The average Bonchev–Trinajstić information content (AvgIpc) is 2.80. The molecule has 18 heavy (non-hydrogen) atoms. The molecule has 0 fully saturated rings. The van der Waals surface area contributed by atoms with Gasteiger partial charge in [-0.3, -0.25) is 5.10 Å². The van der Waals surface area contributed by atoms with Crippen LogP contribution in [0.2, 0.25) is 0 Å². The molecular weight excluding hydrogens is 253 g/mol. The Hall–Kier alpha value is -1.39. The van der Waals surface area contributed by atoms with Crippen LogP contribution in [0.25, 0.3) is 0 Å². The number of benzene rings is 1. The summed E-state index contributed by atoms with van der Waals surface area (Å²) < 4.78 is 13.8. The molecule has 1 unspecified atom stereocenters. The monoisotopic (exact) mass is 269 g/mol. The zero-order valence-electron chi connectivity index (χ0n) is 10.4.